The summed E-state index contributed by atoms with van der Waals surface area (Å²) in [6, 6.07) is 0. The highest BCUT2D eigenvalue weighted by molar-refractivity contribution is 4.68. The van der Waals surface area contributed by atoms with Crippen LogP contribution in [0.3, 0.4) is 0 Å². The number of nitrogens with zero attached hydrogens (tertiary/aromatic N) is 4. The largest absolute Gasteiger partial charge is 0.373 e. The standard InChI is InChI=1S/C5H8N4O/c1(5-3-10-5)2-9-4-6-7-8-9/h4-5H,1-3H2. The lowest BCUT2D eigenvalue weighted by Gasteiger charge is -1.92. The van der Waals surface area contributed by atoms with Crippen LogP contribution in [0.25, 0.3) is 0 Å². The number of rotatable bonds is 3. The van der Waals surface area contributed by atoms with Gasteiger partial charge in [0.1, 0.15) is 6.33 Å². The first-order valence-corrected chi connectivity index (χ1v) is 3.27. The predicted molar refractivity (Wildman–Crippen MR) is 32.2 cm³/mol. The third-order valence-electron chi connectivity index (χ3n) is 1.47. The van der Waals surface area contributed by atoms with Gasteiger partial charge in [0.25, 0.3) is 0 Å². The summed E-state index contributed by atoms with van der Waals surface area (Å²) in [5.74, 6) is 0. The molecule has 5 nitrogen and oxygen atoms in total. The topological polar surface area (TPSA) is 56.1 Å². The van der Waals surface area contributed by atoms with Gasteiger partial charge >= 0.3 is 0 Å². The molecule has 0 saturated carbocycles. The number of epoxide rings is 1. The molecule has 0 spiro atoms. The zero-order valence-corrected chi connectivity index (χ0v) is 5.47. The molecule has 54 valence electrons. The second kappa shape index (κ2) is 2.34. The normalized spacial score (nSPS) is 23.0. The molecule has 1 aromatic rings. The molecule has 1 unspecified atom stereocenters. The molecule has 0 aliphatic carbocycles. The van der Waals surface area contributed by atoms with E-state index in [1.54, 1.807) is 11.0 Å². The summed E-state index contributed by atoms with van der Waals surface area (Å²) in [5, 5.41) is 10.7. The van der Waals surface area contributed by atoms with E-state index < -0.39 is 0 Å². The molecule has 1 aromatic heterocycles. The average Bonchev–Trinajstić information content (AvgIpc) is 2.63. The summed E-state index contributed by atoms with van der Waals surface area (Å²) in [6.45, 7) is 1.76. The van der Waals surface area contributed by atoms with Gasteiger partial charge in [0.2, 0.25) is 0 Å². The monoisotopic (exact) mass is 140 g/mol. The fourth-order valence-corrected chi connectivity index (χ4v) is 0.794. The molecule has 1 aliphatic heterocycles. The van der Waals surface area contributed by atoms with E-state index in [1.807, 2.05) is 0 Å². The van der Waals surface area contributed by atoms with Crippen molar-refractivity contribution in [3.05, 3.63) is 6.33 Å². The summed E-state index contributed by atoms with van der Waals surface area (Å²) in [4.78, 5) is 0. The summed E-state index contributed by atoms with van der Waals surface area (Å²) < 4.78 is 6.73. The van der Waals surface area contributed by atoms with E-state index in [4.69, 9.17) is 4.74 Å². The van der Waals surface area contributed by atoms with Crippen molar-refractivity contribution in [1.29, 1.82) is 0 Å². The number of hydrogen-bond acceptors (Lipinski definition) is 4. The fourth-order valence-electron chi connectivity index (χ4n) is 0.794. The first-order chi connectivity index (χ1) is 4.95. The van der Waals surface area contributed by atoms with Crippen LogP contribution < -0.4 is 0 Å². The second-order valence-corrected chi connectivity index (χ2v) is 2.32. The molecule has 1 saturated heterocycles. The summed E-state index contributed by atoms with van der Waals surface area (Å²) in [6.07, 6.45) is 3.09. The quantitative estimate of drug-likeness (QED) is 0.529. The van der Waals surface area contributed by atoms with Gasteiger partial charge in [-0.25, -0.2) is 4.68 Å². The number of hydrogen-bond donors (Lipinski definition) is 0. The van der Waals surface area contributed by atoms with Gasteiger partial charge < -0.3 is 4.74 Å². The van der Waals surface area contributed by atoms with Crippen molar-refractivity contribution in [2.45, 2.75) is 19.1 Å². The first-order valence-electron chi connectivity index (χ1n) is 3.27. The van der Waals surface area contributed by atoms with Crippen LogP contribution in [0.5, 0.6) is 0 Å². The number of aromatic nitrogens is 4. The van der Waals surface area contributed by atoms with Crippen LogP contribution in [0.2, 0.25) is 0 Å². The minimum atomic E-state index is 0.462. The molecule has 0 amide bonds. The maximum Gasteiger partial charge on any atom is 0.138 e. The smallest absolute Gasteiger partial charge is 0.138 e. The molecule has 0 aromatic carbocycles. The van der Waals surface area contributed by atoms with Gasteiger partial charge in [-0.15, -0.1) is 5.10 Å². The van der Waals surface area contributed by atoms with Crippen molar-refractivity contribution < 1.29 is 4.74 Å². The Labute approximate surface area is 58.0 Å². The van der Waals surface area contributed by atoms with Gasteiger partial charge in [0.15, 0.2) is 0 Å². The van der Waals surface area contributed by atoms with Crippen molar-refractivity contribution in [2.75, 3.05) is 6.61 Å². The second-order valence-electron chi connectivity index (χ2n) is 2.32. The fraction of sp³-hybridized carbons (Fsp3) is 0.800. The SMILES string of the molecule is c1nnnn1CCC1CO1. The first kappa shape index (κ1) is 5.79. The molecule has 1 fully saturated rings. The van der Waals surface area contributed by atoms with Crippen molar-refractivity contribution >= 4 is 0 Å². The van der Waals surface area contributed by atoms with Crippen molar-refractivity contribution in [1.82, 2.24) is 20.2 Å². The van der Waals surface area contributed by atoms with Gasteiger partial charge in [-0.3, -0.25) is 0 Å². The predicted octanol–water partition coefficient (Wildman–Crippen LogP) is -0.538. The molecule has 5 heteroatoms. The van der Waals surface area contributed by atoms with E-state index in [0.717, 1.165) is 19.6 Å². The van der Waals surface area contributed by atoms with E-state index in [1.165, 1.54) is 0 Å². The van der Waals surface area contributed by atoms with E-state index in [2.05, 4.69) is 15.5 Å². The third kappa shape index (κ3) is 1.30. The van der Waals surface area contributed by atoms with E-state index in [9.17, 15) is 0 Å². The third-order valence-corrected chi connectivity index (χ3v) is 1.47. The lowest BCUT2D eigenvalue weighted by Crippen LogP contribution is -2.01. The van der Waals surface area contributed by atoms with E-state index in [-0.39, 0.29) is 0 Å². The highest BCUT2D eigenvalue weighted by atomic mass is 16.6. The molecule has 0 bridgehead atoms. The number of ether oxygens (including phenoxy) is 1. The highest BCUT2D eigenvalue weighted by Crippen LogP contribution is 2.13. The number of aryl methyl sites for hydroxylation is 1. The maximum absolute atomic E-state index is 5.02. The minimum absolute atomic E-state index is 0.462. The van der Waals surface area contributed by atoms with Gasteiger partial charge in [-0.05, 0) is 16.8 Å². The van der Waals surface area contributed by atoms with Crippen LogP contribution in [0, 0.1) is 0 Å². The Kier molecular flexibility index (Phi) is 1.35. The maximum atomic E-state index is 5.02. The molecule has 2 rings (SSSR count). The van der Waals surface area contributed by atoms with Crippen molar-refractivity contribution in [3.63, 3.8) is 0 Å². The Morgan fingerprint density at radius 2 is 2.60 bits per heavy atom. The molecule has 0 radical (unpaired) electrons. The Bertz CT molecular complexity index is 193. The van der Waals surface area contributed by atoms with Crippen molar-refractivity contribution in [2.24, 2.45) is 0 Å². The molecular weight excluding hydrogens is 132 g/mol. The van der Waals surface area contributed by atoms with Crippen LogP contribution in [0.4, 0.5) is 0 Å². The van der Waals surface area contributed by atoms with Gasteiger partial charge in [0, 0.05) is 6.54 Å². The van der Waals surface area contributed by atoms with Gasteiger partial charge in [0.05, 0.1) is 12.7 Å². The molecule has 0 N–H and O–H groups in total. The van der Waals surface area contributed by atoms with Crippen LogP contribution in [0.1, 0.15) is 6.42 Å². The Morgan fingerprint density at radius 3 is 3.20 bits per heavy atom. The summed E-state index contributed by atoms with van der Waals surface area (Å²) in [5.41, 5.74) is 0. The van der Waals surface area contributed by atoms with Crippen molar-refractivity contribution in [3.8, 4) is 0 Å². The molecular formula is C5H8N4O. The van der Waals surface area contributed by atoms with Gasteiger partial charge in [-0.1, -0.05) is 0 Å². The lowest BCUT2D eigenvalue weighted by atomic mass is 10.3. The van der Waals surface area contributed by atoms with E-state index >= 15 is 0 Å². The van der Waals surface area contributed by atoms with Crippen LogP contribution in [-0.4, -0.2) is 32.9 Å². The summed E-state index contributed by atoms with van der Waals surface area (Å²) >= 11 is 0. The van der Waals surface area contributed by atoms with Crippen LogP contribution in [-0.2, 0) is 11.3 Å². The minimum Gasteiger partial charge on any atom is -0.373 e. The zero-order valence-electron chi connectivity index (χ0n) is 5.47. The molecule has 10 heavy (non-hydrogen) atoms. The molecule has 1 aliphatic rings. The Hall–Kier alpha value is -0.970. The molecule has 1 atom stereocenters. The summed E-state index contributed by atoms with van der Waals surface area (Å²) in [7, 11) is 0. The zero-order chi connectivity index (χ0) is 6.81. The average molecular weight is 140 g/mol. The van der Waals surface area contributed by atoms with Crippen LogP contribution >= 0.6 is 0 Å². The number of tetrazole rings is 1. The Balaban J connectivity index is 1.79. The highest BCUT2D eigenvalue weighted by Gasteiger charge is 2.21. The Morgan fingerprint density at radius 1 is 1.70 bits per heavy atom. The van der Waals surface area contributed by atoms with Crippen LogP contribution in [0.15, 0.2) is 6.33 Å². The molecule has 2 heterocycles. The van der Waals surface area contributed by atoms with Gasteiger partial charge in [-0.2, -0.15) is 0 Å². The van der Waals surface area contributed by atoms with E-state index in [0.29, 0.717) is 6.10 Å². The lowest BCUT2D eigenvalue weighted by molar-refractivity contribution is 0.378.